The second kappa shape index (κ2) is 5.44. The van der Waals surface area contributed by atoms with E-state index in [0.29, 0.717) is 18.8 Å². The Balaban J connectivity index is 1.83. The average Bonchev–Trinajstić information content (AvgIpc) is 2.96. The summed E-state index contributed by atoms with van der Waals surface area (Å²) < 4.78 is 5.12. The molecule has 106 valence electrons. The number of carbonyl (C=O) groups is 1. The van der Waals surface area contributed by atoms with Crippen molar-refractivity contribution in [1.29, 1.82) is 0 Å². The van der Waals surface area contributed by atoms with Gasteiger partial charge in [0.05, 0.1) is 24.1 Å². The van der Waals surface area contributed by atoms with Gasteiger partial charge in [-0.05, 0) is 19.8 Å². The first kappa shape index (κ1) is 12.8. The van der Waals surface area contributed by atoms with E-state index in [9.17, 15) is 4.79 Å². The number of rotatable bonds is 3. The van der Waals surface area contributed by atoms with Crippen molar-refractivity contribution in [3.05, 3.63) is 12.5 Å². The predicted molar refractivity (Wildman–Crippen MR) is 73.3 cm³/mol. The van der Waals surface area contributed by atoms with E-state index in [4.69, 9.17) is 4.74 Å². The van der Waals surface area contributed by atoms with Crippen molar-refractivity contribution in [3.8, 4) is 0 Å². The summed E-state index contributed by atoms with van der Waals surface area (Å²) in [4.78, 5) is 22.5. The standard InChI is InChI=1S/C13H17N5O2/c1-2-20-13(19)9-4-3-5-18(7-9)12-10-6-16-17-11(10)14-8-15-12/h6,8-9H,2-5,7H2,1H3,(H,14,15,16,17). The monoisotopic (exact) mass is 275 g/mol. The number of H-pyrrole nitrogens is 1. The first-order chi connectivity index (χ1) is 9.79. The van der Waals surface area contributed by atoms with Crippen LogP contribution in [-0.2, 0) is 9.53 Å². The fourth-order valence-electron chi connectivity index (χ4n) is 2.63. The molecule has 3 heterocycles. The number of hydrogen-bond acceptors (Lipinski definition) is 6. The van der Waals surface area contributed by atoms with Gasteiger partial charge in [-0.3, -0.25) is 9.89 Å². The maximum Gasteiger partial charge on any atom is 0.310 e. The molecule has 0 spiro atoms. The summed E-state index contributed by atoms with van der Waals surface area (Å²) in [6.07, 6.45) is 5.06. The number of hydrogen-bond donors (Lipinski definition) is 1. The Bertz CT molecular complexity index is 612. The number of esters is 1. The lowest BCUT2D eigenvalue weighted by Crippen LogP contribution is -2.40. The van der Waals surface area contributed by atoms with E-state index in [1.807, 2.05) is 6.92 Å². The minimum atomic E-state index is -0.116. The van der Waals surface area contributed by atoms with Gasteiger partial charge >= 0.3 is 5.97 Å². The molecule has 20 heavy (non-hydrogen) atoms. The summed E-state index contributed by atoms with van der Waals surface area (Å²) in [5.41, 5.74) is 0.716. The highest BCUT2D eigenvalue weighted by molar-refractivity contribution is 5.86. The molecule has 0 amide bonds. The van der Waals surface area contributed by atoms with Crippen LogP contribution in [0.3, 0.4) is 0 Å². The molecule has 1 N–H and O–H groups in total. The minimum absolute atomic E-state index is 0.0828. The summed E-state index contributed by atoms with van der Waals surface area (Å²) in [6.45, 7) is 3.77. The van der Waals surface area contributed by atoms with Crippen LogP contribution in [0.4, 0.5) is 5.82 Å². The van der Waals surface area contributed by atoms with E-state index < -0.39 is 0 Å². The summed E-state index contributed by atoms with van der Waals surface area (Å²) in [6, 6.07) is 0. The van der Waals surface area contributed by atoms with Gasteiger partial charge in [0.25, 0.3) is 0 Å². The fourth-order valence-corrected chi connectivity index (χ4v) is 2.63. The SMILES string of the molecule is CCOC(=O)C1CCCN(c2ncnc3[nH]ncc23)C1. The first-order valence-corrected chi connectivity index (χ1v) is 6.85. The maximum atomic E-state index is 11.9. The summed E-state index contributed by atoms with van der Waals surface area (Å²) in [5, 5.41) is 7.71. The van der Waals surface area contributed by atoms with Crippen molar-refractivity contribution in [3.63, 3.8) is 0 Å². The van der Waals surface area contributed by atoms with Crippen molar-refractivity contribution in [2.24, 2.45) is 5.92 Å². The molecule has 1 saturated heterocycles. The molecule has 3 rings (SSSR count). The zero-order valence-corrected chi connectivity index (χ0v) is 11.4. The van der Waals surface area contributed by atoms with Crippen LogP contribution < -0.4 is 4.90 Å². The van der Waals surface area contributed by atoms with Gasteiger partial charge in [0, 0.05) is 13.1 Å². The van der Waals surface area contributed by atoms with Gasteiger partial charge in [0.1, 0.15) is 12.1 Å². The fraction of sp³-hybridized carbons (Fsp3) is 0.538. The van der Waals surface area contributed by atoms with Crippen molar-refractivity contribution in [2.45, 2.75) is 19.8 Å². The molecule has 1 fully saturated rings. The van der Waals surface area contributed by atoms with Crippen LogP contribution in [0.1, 0.15) is 19.8 Å². The van der Waals surface area contributed by atoms with E-state index in [1.165, 1.54) is 6.33 Å². The van der Waals surface area contributed by atoms with E-state index in [1.54, 1.807) is 6.20 Å². The van der Waals surface area contributed by atoms with Crippen LogP contribution in [0, 0.1) is 5.92 Å². The highest BCUT2D eigenvalue weighted by Gasteiger charge is 2.28. The van der Waals surface area contributed by atoms with E-state index in [0.717, 1.165) is 30.6 Å². The van der Waals surface area contributed by atoms with Crippen LogP contribution in [0.15, 0.2) is 12.5 Å². The van der Waals surface area contributed by atoms with E-state index in [2.05, 4.69) is 25.1 Å². The molecule has 0 bridgehead atoms. The molecule has 1 atom stereocenters. The van der Waals surface area contributed by atoms with Crippen LogP contribution in [0.5, 0.6) is 0 Å². The second-order valence-corrected chi connectivity index (χ2v) is 4.87. The minimum Gasteiger partial charge on any atom is -0.466 e. The third-order valence-corrected chi connectivity index (χ3v) is 3.57. The predicted octanol–water partition coefficient (Wildman–Crippen LogP) is 1.13. The number of anilines is 1. The molecule has 0 aromatic carbocycles. The topological polar surface area (TPSA) is 84.0 Å². The Morgan fingerprint density at radius 2 is 2.45 bits per heavy atom. The molecule has 2 aromatic heterocycles. The number of ether oxygens (including phenoxy) is 1. The Labute approximate surface area is 116 Å². The Kier molecular flexibility index (Phi) is 3.49. The Morgan fingerprint density at radius 3 is 3.30 bits per heavy atom. The van der Waals surface area contributed by atoms with Crippen molar-refractivity contribution in [1.82, 2.24) is 20.2 Å². The molecular formula is C13H17N5O2. The van der Waals surface area contributed by atoms with Gasteiger partial charge < -0.3 is 9.64 Å². The van der Waals surface area contributed by atoms with Gasteiger partial charge in [0.2, 0.25) is 0 Å². The summed E-state index contributed by atoms with van der Waals surface area (Å²) in [7, 11) is 0. The van der Waals surface area contributed by atoms with Gasteiger partial charge in [-0.25, -0.2) is 9.97 Å². The molecule has 7 nitrogen and oxygen atoms in total. The van der Waals surface area contributed by atoms with Crippen molar-refractivity contribution in [2.75, 3.05) is 24.6 Å². The Morgan fingerprint density at radius 1 is 1.55 bits per heavy atom. The van der Waals surface area contributed by atoms with Crippen LogP contribution in [0.25, 0.3) is 11.0 Å². The lowest BCUT2D eigenvalue weighted by atomic mass is 9.98. The molecular weight excluding hydrogens is 258 g/mol. The lowest BCUT2D eigenvalue weighted by molar-refractivity contribution is -0.148. The van der Waals surface area contributed by atoms with Gasteiger partial charge in [-0.1, -0.05) is 0 Å². The quantitative estimate of drug-likeness (QED) is 0.845. The molecule has 7 heteroatoms. The number of piperidine rings is 1. The number of aromatic nitrogens is 4. The number of aromatic amines is 1. The van der Waals surface area contributed by atoms with Gasteiger partial charge in [0.15, 0.2) is 5.65 Å². The third kappa shape index (κ3) is 2.31. The normalized spacial score (nSPS) is 19.2. The summed E-state index contributed by atoms with van der Waals surface area (Å²) in [5.74, 6) is 0.632. The third-order valence-electron chi connectivity index (χ3n) is 3.57. The molecule has 2 aromatic rings. The van der Waals surface area contributed by atoms with Crippen LogP contribution >= 0.6 is 0 Å². The Hall–Kier alpha value is -2.18. The van der Waals surface area contributed by atoms with Crippen molar-refractivity contribution < 1.29 is 9.53 Å². The van der Waals surface area contributed by atoms with Gasteiger partial charge in [-0.15, -0.1) is 0 Å². The average molecular weight is 275 g/mol. The zero-order valence-electron chi connectivity index (χ0n) is 11.4. The number of nitrogens with zero attached hydrogens (tertiary/aromatic N) is 4. The van der Waals surface area contributed by atoms with E-state index in [-0.39, 0.29) is 11.9 Å². The van der Waals surface area contributed by atoms with Crippen LogP contribution in [-0.4, -0.2) is 45.8 Å². The second-order valence-electron chi connectivity index (χ2n) is 4.87. The molecule has 0 saturated carbocycles. The molecule has 1 unspecified atom stereocenters. The van der Waals surface area contributed by atoms with Crippen LogP contribution in [0.2, 0.25) is 0 Å². The molecule has 1 aliphatic rings. The number of carbonyl (C=O) groups excluding carboxylic acids is 1. The van der Waals surface area contributed by atoms with Gasteiger partial charge in [-0.2, -0.15) is 5.10 Å². The summed E-state index contributed by atoms with van der Waals surface area (Å²) >= 11 is 0. The van der Waals surface area contributed by atoms with E-state index >= 15 is 0 Å². The number of nitrogens with one attached hydrogen (secondary N) is 1. The highest BCUT2D eigenvalue weighted by atomic mass is 16.5. The molecule has 0 radical (unpaired) electrons. The maximum absolute atomic E-state index is 11.9. The number of fused-ring (bicyclic) bond motifs is 1. The lowest BCUT2D eigenvalue weighted by Gasteiger charge is -2.32. The van der Waals surface area contributed by atoms with Crippen molar-refractivity contribution >= 4 is 22.8 Å². The largest absolute Gasteiger partial charge is 0.466 e. The smallest absolute Gasteiger partial charge is 0.310 e. The first-order valence-electron chi connectivity index (χ1n) is 6.85. The highest BCUT2D eigenvalue weighted by Crippen LogP contribution is 2.26. The zero-order chi connectivity index (χ0) is 13.9. The molecule has 1 aliphatic heterocycles. The molecule has 0 aliphatic carbocycles.